The highest BCUT2D eigenvalue weighted by Gasteiger charge is 2.20. The Hall–Kier alpha value is -1.89. The number of esters is 1. The van der Waals surface area contributed by atoms with Crippen molar-refractivity contribution in [2.75, 3.05) is 7.11 Å². The van der Waals surface area contributed by atoms with Gasteiger partial charge in [0.05, 0.1) is 12.0 Å². The largest absolute Gasteiger partial charge is 0.468 e. The Morgan fingerprint density at radius 1 is 1.53 bits per heavy atom. The smallest absolute Gasteiger partial charge is 0.321 e. The van der Waals surface area contributed by atoms with Crippen molar-refractivity contribution in [2.45, 2.75) is 11.4 Å². The third-order valence-corrected chi connectivity index (χ3v) is 3.44. The average molecular weight is 327 g/mol. The van der Waals surface area contributed by atoms with E-state index in [1.807, 2.05) is 0 Å². The molecule has 0 aliphatic rings. The summed E-state index contributed by atoms with van der Waals surface area (Å²) in [7, 11) is 1.30. The number of fused-ring (bicyclic) bond motifs is 1. The molecule has 0 saturated heterocycles. The van der Waals surface area contributed by atoms with Crippen LogP contribution in [0.4, 0.5) is 5.69 Å². The van der Waals surface area contributed by atoms with Gasteiger partial charge in [-0.3, -0.25) is 14.9 Å². The molecular formula is C12H11BrN2O4. The van der Waals surface area contributed by atoms with Gasteiger partial charge in [0.15, 0.2) is 0 Å². The van der Waals surface area contributed by atoms with Crippen molar-refractivity contribution in [2.24, 2.45) is 0 Å². The summed E-state index contributed by atoms with van der Waals surface area (Å²) in [6.07, 6.45) is 1.72. The first kappa shape index (κ1) is 13.5. The summed E-state index contributed by atoms with van der Waals surface area (Å²) in [6, 6.07) is 6.65. The third-order valence-electron chi connectivity index (χ3n) is 2.78. The predicted molar refractivity (Wildman–Crippen MR) is 73.3 cm³/mol. The number of nitro benzene ring substituents is 1. The summed E-state index contributed by atoms with van der Waals surface area (Å²) in [6.45, 7) is 0.265. The van der Waals surface area contributed by atoms with Gasteiger partial charge in [0, 0.05) is 24.2 Å². The van der Waals surface area contributed by atoms with Crippen molar-refractivity contribution in [3.63, 3.8) is 0 Å². The molecule has 2 aromatic rings. The molecule has 0 fully saturated rings. The van der Waals surface area contributed by atoms with Crippen LogP contribution in [0.5, 0.6) is 0 Å². The van der Waals surface area contributed by atoms with Gasteiger partial charge in [-0.15, -0.1) is 0 Å². The van der Waals surface area contributed by atoms with Crippen LogP contribution >= 0.6 is 15.9 Å². The number of carbonyl (C=O) groups is 1. The minimum atomic E-state index is -0.548. The molecule has 0 amide bonds. The van der Waals surface area contributed by atoms with E-state index in [1.165, 1.54) is 13.2 Å². The molecule has 0 bridgehead atoms. The molecule has 0 saturated carbocycles. The van der Waals surface area contributed by atoms with Crippen LogP contribution in [-0.2, 0) is 16.1 Å². The fourth-order valence-corrected chi connectivity index (χ4v) is 2.41. The lowest BCUT2D eigenvalue weighted by atomic mass is 10.2. The van der Waals surface area contributed by atoms with Gasteiger partial charge in [-0.25, -0.2) is 0 Å². The van der Waals surface area contributed by atoms with E-state index in [0.717, 1.165) is 5.39 Å². The molecule has 6 nitrogen and oxygen atoms in total. The van der Waals surface area contributed by atoms with Crippen LogP contribution in [0.3, 0.4) is 0 Å². The first-order valence-corrected chi connectivity index (χ1v) is 6.40. The van der Waals surface area contributed by atoms with E-state index < -0.39 is 15.7 Å². The van der Waals surface area contributed by atoms with Gasteiger partial charge in [0.25, 0.3) is 5.69 Å². The lowest BCUT2D eigenvalue weighted by Crippen LogP contribution is -2.21. The number of benzene rings is 1. The van der Waals surface area contributed by atoms with E-state index in [0.29, 0.717) is 5.52 Å². The second-order valence-electron chi connectivity index (χ2n) is 3.93. The summed E-state index contributed by atoms with van der Waals surface area (Å²) in [5.41, 5.74) is 0.521. The maximum atomic E-state index is 11.4. The Morgan fingerprint density at radius 3 is 2.89 bits per heavy atom. The number of methoxy groups -OCH3 is 1. The molecule has 0 aliphatic carbocycles. The number of nitrogens with zero attached hydrogens (tertiary/aromatic N) is 2. The molecular weight excluding hydrogens is 316 g/mol. The zero-order valence-corrected chi connectivity index (χ0v) is 11.7. The summed E-state index contributed by atoms with van der Waals surface area (Å²) >= 11 is 3.21. The Bertz CT molecular complexity index is 638. The van der Waals surface area contributed by atoms with E-state index in [-0.39, 0.29) is 12.2 Å². The van der Waals surface area contributed by atoms with Crippen LogP contribution in [-0.4, -0.2) is 27.4 Å². The van der Waals surface area contributed by atoms with E-state index in [2.05, 4.69) is 20.7 Å². The molecule has 1 aromatic carbocycles. The van der Waals surface area contributed by atoms with Crippen molar-refractivity contribution < 1.29 is 14.5 Å². The summed E-state index contributed by atoms with van der Waals surface area (Å²) in [5, 5.41) is 11.8. The lowest BCUT2D eigenvalue weighted by molar-refractivity contribution is -0.383. The summed E-state index contributed by atoms with van der Waals surface area (Å²) in [4.78, 5) is 21.4. The molecule has 0 spiro atoms. The number of para-hydroxylation sites is 1. The van der Waals surface area contributed by atoms with Gasteiger partial charge in [-0.05, 0) is 6.07 Å². The SMILES string of the molecule is COC(=O)C(Br)Cn1ccc2cccc([N+](=O)[O-])c21. The number of ether oxygens (including phenoxy) is 1. The summed E-state index contributed by atoms with van der Waals surface area (Å²) in [5.74, 6) is -0.416. The molecule has 7 heteroatoms. The topological polar surface area (TPSA) is 74.4 Å². The minimum absolute atomic E-state index is 0.0204. The Morgan fingerprint density at radius 2 is 2.26 bits per heavy atom. The van der Waals surface area contributed by atoms with Crippen molar-refractivity contribution >= 4 is 38.5 Å². The van der Waals surface area contributed by atoms with Crippen molar-refractivity contribution in [1.29, 1.82) is 0 Å². The van der Waals surface area contributed by atoms with Gasteiger partial charge >= 0.3 is 5.97 Å². The van der Waals surface area contributed by atoms with E-state index >= 15 is 0 Å². The van der Waals surface area contributed by atoms with Crippen LogP contribution < -0.4 is 0 Å². The van der Waals surface area contributed by atoms with Gasteiger partial charge < -0.3 is 9.30 Å². The molecule has 2 rings (SSSR count). The van der Waals surface area contributed by atoms with Crippen LogP contribution in [0, 0.1) is 10.1 Å². The maximum absolute atomic E-state index is 11.4. The van der Waals surface area contributed by atoms with Crippen LogP contribution in [0.1, 0.15) is 0 Å². The van der Waals surface area contributed by atoms with E-state index in [9.17, 15) is 14.9 Å². The summed E-state index contributed by atoms with van der Waals surface area (Å²) < 4.78 is 6.29. The number of alkyl halides is 1. The van der Waals surface area contributed by atoms with E-state index in [1.54, 1.807) is 29.0 Å². The number of aromatic nitrogens is 1. The maximum Gasteiger partial charge on any atom is 0.321 e. The molecule has 0 radical (unpaired) electrons. The Kier molecular flexibility index (Phi) is 3.84. The van der Waals surface area contributed by atoms with Gasteiger partial charge in [0.2, 0.25) is 0 Å². The normalized spacial score (nSPS) is 12.3. The minimum Gasteiger partial charge on any atom is -0.468 e. The molecule has 0 N–H and O–H groups in total. The van der Waals surface area contributed by atoms with Gasteiger partial charge in [0.1, 0.15) is 10.3 Å². The number of hydrogen-bond acceptors (Lipinski definition) is 4. The highest BCUT2D eigenvalue weighted by atomic mass is 79.9. The van der Waals surface area contributed by atoms with E-state index in [4.69, 9.17) is 0 Å². The number of carbonyl (C=O) groups excluding carboxylic acids is 1. The average Bonchev–Trinajstić information content (AvgIpc) is 2.80. The van der Waals surface area contributed by atoms with Crippen LogP contribution in [0.15, 0.2) is 30.5 Å². The Balaban J connectivity index is 2.44. The zero-order valence-electron chi connectivity index (χ0n) is 10.1. The van der Waals surface area contributed by atoms with Crippen LogP contribution in [0.25, 0.3) is 10.9 Å². The number of nitro groups is 1. The standard InChI is InChI=1S/C12H11BrN2O4/c1-19-12(16)9(13)7-14-6-5-8-3-2-4-10(11(8)14)15(17)18/h2-6,9H,7H2,1H3. The second kappa shape index (κ2) is 5.40. The third kappa shape index (κ3) is 2.60. The highest BCUT2D eigenvalue weighted by molar-refractivity contribution is 9.10. The molecule has 1 aromatic heterocycles. The van der Waals surface area contributed by atoms with Crippen molar-refractivity contribution in [3.05, 3.63) is 40.6 Å². The highest BCUT2D eigenvalue weighted by Crippen LogP contribution is 2.27. The van der Waals surface area contributed by atoms with Gasteiger partial charge in [-0.2, -0.15) is 0 Å². The van der Waals surface area contributed by atoms with Crippen LogP contribution in [0.2, 0.25) is 0 Å². The first-order chi connectivity index (χ1) is 9.04. The fourth-order valence-electron chi connectivity index (χ4n) is 1.92. The molecule has 19 heavy (non-hydrogen) atoms. The molecule has 0 aliphatic heterocycles. The van der Waals surface area contributed by atoms with Crippen molar-refractivity contribution in [1.82, 2.24) is 4.57 Å². The monoisotopic (exact) mass is 326 g/mol. The second-order valence-corrected chi connectivity index (χ2v) is 5.04. The number of non-ortho nitro benzene ring substituents is 1. The molecule has 1 heterocycles. The Labute approximate surface area is 117 Å². The molecule has 1 atom stereocenters. The fraction of sp³-hybridized carbons (Fsp3) is 0.250. The number of hydrogen-bond donors (Lipinski definition) is 0. The molecule has 1 unspecified atom stereocenters. The quantitative estimate of drug-likeness (QED) is 0.374. The number of rotatable bonds is 4. The molecule has 100 valence electrons. The first-order valence-electron chi connectivity index (χ1n) is 5.48. The predicted octanol–water partition coefficient (Wildman–Crippen LogP) is 2.49. The lowest BCUT2D eigenvalue weighted by Gasteiger charge is -2.10. The van der Waals surface area contributed by atoms with Gasteiger partial charge in [-0.1, -0.05) is 28.1 Å². The zero-order chi connectivity index (χ0) is 14.0. The number of halogens is 1. The van der Waals surface area contributed by atoms with Crippen molar-refractivity contribution in [3.8, 4) is 0 Å².